The Morgan fingerprint density at radius 1 is 1.05 bits per heavy atom. The number of pyridine rings is 1. The van der Waals surface area contributed by atoms with Gasteiger partial charge in [0.1, 0.15) is 18.0 Å². The number of nitrogens with zero attached hydrogens (tertiary/aromatic N) is 4. The first kappa shape index (κ1) is 46.7. The Kier molecular flexibility index (Phi) is 14.4. The van der Waals surface area contributed by atoms with Gasteiger partial charge in [0.2, 0.25) is 0 Å². The number of carbonyl (C=O) groups is 4. The molecule has 13 atom stereocenters. The number of aliphatic hydroxyl groups excluding tert-OH is 1. The number of alkyl halides is 1. The van der Waals surface area contributed by atoms with E-state index in [-0.39, 0.29) is 37.3 Å². The summed E-state index contributed by atoms with van der Waals surface area (Å²) in [7, 11) is 1.42. The summed E-state index contributed by atoms with van der Waals surface area (Å²) in [5.41, 5.74) is -4.52. The molecule has 1 amide bonds. The Morgan fingerprint density at radius 2 is 1.77 bits per heavy atom. The number of aryl methyl sites for hydroxylation is 1. The standard InChI is InChI=1S/C45H66FN5O10/c1-10-34-45(8)37(51(42(56)61-45)19-12-11-18-50-24-33(49-25-50)31-14-13-17-47-23-31)28(4)35(52)26(2)21-43(6,57-9)39(29(5)38(54)44(7,46)41(55)59-34)60-40-36(53)32(20-27(3)58-40)48-22-30-15-16-30/h13-14,17,23-30,32,34,36-37,39-40,48,53H,10-12,15-16,18-22H2,1-9H3/t26-,27-,28+,29-,32+,34-,36+,37?,39-,40+,43-,44+,45-/m1/s1. The fraction of sp³-hybridized carbons (Fsp3) is 0.733. The summed E-state index contributed by atoms with van der Waals surface area (Å²) in [6.07, 6.45) is 5.25. The molecule has 3 saturated heterocycles. The molecule has 6 rings (SSSR count). The molecule has 2 N–H and O–H groups in total. The zero-order chi connectivity index (χ0) is 44.4. The van der Waals surface area contributed by atoms with Gasteiger partial charge in [0.05, 0.1) is 35.9 Å². The molecule has 0 aromatic carbocycles. The summed E-state index contributed by atoms with van der Waals surface area (Å²) in [5.74, 6) is -5.20. The van der Waals surface area contributed by atoms with E-state index in [0.717, 1.165) is 37.6 Å². The second-order valence-corrected chi connectivity index (χ2v) is 18.5. The van der Waals surface area contributed by atoms with Gasteiger partial charge < -0.3 is 43.6 Å². The monoisotopic (exact) mass is 855 g/mol. The summed E-state index contributed by atoms with van der Waals surface area (Å²) < 4.78 is 49.7. The maximum Gasteiger partial charge on any atom is 0.410 e. The largest absolute Gasteiger partial charge is 0.455 e. The number of unbranched alkanes of at least 4 members (excludes halogenated alkanes) is 1. The number of carbonyl (C=O) groups excluding carboxylic acids is 4. The van der Waals surface area contributed by atoms with E-state index in [1.54, 1.807) is 53.3 Å². The number of ketones is 2. The third-order valence-electron chi connectivity index (χ3n) is 13.6. The van der Waals surface area contributed by atoms with Crippen LogP contribution in [0.2, 0.25) is 0 Å². The molecular formula is C45H66FN5O10. The van der Waals surface area contributed by atoms with Gasteiger partial charge in [-0.2, -0.15) is 0 Å². The lowest BCUT2D eigenvalue weighted by Crippen LogP contribution is -2.62. The van der Waals surface area contributed by atoms with Gasteiger partial charge in [-0.15, -0.1) is 0 Å². The molecular weight excluding hydrogens is 790 g/mol. The number of aliphatic hydroxyl groups is 1. The van der Waals surface area contributed by atoms with Crippen molar-refractivity contribution in [2.75, 3.05) is 20.2 Å². The molecule has 3 aliphatic heterocycles. The van der Waals surface area contributed by atoms with Crippen molar-refractivity contribution in [3.05, 3.63) is 37.1 Å². The number of rotatable bonds is 13. The molecule has 4 fully saturated rings. The van der Waals surface area contributed by atoms with Crippen LogP contribution in [0.15, 0.2) is 37.1 Å². The van der Waals surface area contributed by atoms with Crippen molar-refractivity contribution in [3.8, 4) is 11.3 Å². The molecule has 0 bridgehead atoms. The highest BCUT2D eigenvalue weighted by Crippen LogP contribution is 2.44. The second kappa shape index (κ2) is 18.9. The van der Waals surface area contributed by atoms with E-state index in [1.807, 2.05) is 29.8 Å². The number of nitrogens with one attached hydrogen (secondary N) is 1. The van der Waals surface area contributed by atoms with Crippen LogP contribution in [0, 0.1) is 23.7 Å². The number of fused-ring (bicyclic) bond motifs is 1. The van der Waals surface area contributed by atoms with Crippen LogP contribution >= 0.6 is 0 Å². The van der Waals surface area contributed by atoms with E-state index in [1.165, 1.54) is 18.9 Å². The first-order valence-electron chi connectivity index (χ1n) is 22.0. The Labute approximate surface area is 358 Å². The summed E-state index contributed by atoms with van der Waals surface area (Å²) in [6, 6.07) is 2.49. The first-order chi connectivity index (χ1) is 28.8. The van der Waals surface area contributed by atoms with Crippen molar-refractivity contribution < 1.29 is 52.4 Å². The van der Waals surface area contributed by atoms with Gasteiger partial charge in [-0.05, 0) is 97.2 Å². The van der Waals surface area contributed by atoms with Crippen molar-refractivity contribution in [2.24, 2.45) is 23.7 Å². The van der Waals surface area contributed by atoms with Crippen LogP contribution in [0.4, 0.5) is 9.18 Å². The number of hydrogen-bond acceptors (Lipinski definition) is 13. The third kappa shape index (κ3) is 9.88. The normalized spacial score (nSPS) is 37.9. The number of amides is 1. The molecule has 2 aromatic heterocycles. The molecule has 0 radical (unpaired) electrons. The number of ether oxygens (including phenoxy) is 5. The summed E-state index contributed by atoms with van der Waals surface area (Å²) in [5, 5.41) is 15.0. The van der Waals surface area contributed by atoms with Gasteiger partial charge in [-0.25, -0.2) is 19.0 Å². The van der Waals surface area contributed by atoms with Crippen molar-refractivity contribution in [3.63, 3.8) is 0 Å². The van der Waals surface area contributed by atoms with E-state index in [2.05, 4.69) is 15.3 Å². The fourth-order valence-electron chi connectivity index (χ4n) is 9.79. The Morgan fingerprint density at radius 3 is 2.43 bits per heavy atom. The molecule has 338 valence electrons. The van der Waals surface area contributed by atoms with Crippen LogP contribution in [0.25, 0.3) is 11.3 Å². The van der Waals surface area contributed by atoms with Crippen LogP contribution in [-0.4, -0.2) is 128 Å². The first-order valence-corrected chi connectivity index (χ1v) is 22.0. The molecule has 15 nitrogen and oxygen atoms in total. The maximum atomic E-state index is 17.0. The highest BCUT2D eigenvalue weighted by atomic mass is 19.1. The molecule has 1 unspecified atom stereocenters. The molecule has 2 aromatic rings. The van der Waals surface area contributed by atoms with Crippen LogP contribution < -0.4 is 5.32 Å². The highest BCUT2D eigenvalue weighted by molar-refractivity contribution is 6.08. The molecule has 1 aliphatic carbocycles. The van der Waals surface area contributed by atoms with Crippen LogP contribution in [0.1, 0.15) is 100 Å². The van der Waals surface area contributed by atoms with E-state index in [4.69, 9.17) is 23.7 Å². The van der Waals surface area contributed by atoms with Crippen LogP contribution in [0.5, 0.6) is 0 Å². The number of Topliss-reactive ketones (excluding diaryl/α,β-unsaturated/α-hetero) is 2. The van der Waals surface area contributed by atoms with E-state index in [9.17, 15) is 24.3 Å². The van der Waals surface area contributed by atoms with Gasteiger partial charge in [0, 0.05) is 68.1 Å². The number of esters is 1. The molecule has 61 heavy (non-hydrogen) atoms. The lowest BCUT2D eigenvalue weighted by Gasteiger charge is -2.46. The number of aromatic nitrogens is 3. The quantitative estimate of drug-likeness (QED) is 0.148. The third-order valence-corrected chi connectivity index (χ3v) is 13.6. The van der Waals surface area contributed by atoms with Gasteiger partial charge in [0.25, 0.3) is 5.67 Å². The smallest absolute Gasteiger partial charge is 0.410 e. The summed E-state index contributed by atoms with van der Waals surface area (Å²) >= 11 is 0. The molecule has 1 saturated carbocycles. The minimum Gasteiger partial charge on any atom is -0.455 e. The number of imidazole rings is 1. The minimum absolute atomic E-state index is 0.00547. The van der Waals surface area contributed by atoms with Gasteiger partial charge in [-0.1, -0.05) is 27.7 Å². The van der Waals surface area contributed by atoms with Crippen molar-refractivity contribution in [1.29, 1.82) is 0 Å². The molecule has 0 spiro atoms. The summed E-state index contributed by atoms with van der Waals surface area (Å²) in [6.45, 7) is 14.2. The van der Waals surface area contributed by atoms with Crippen molar-refractivity contribution in [1.82, 2.24) is 24.8 Å². The molecule has 5 heterocycles. The predicted octanol–water partition coefficient (Wildman–Crippen LogP) is 5.46. The van der Waals surface area contributed by atoms with Crippen molar-refractivity contribution in [2.45, 2.75) is 167 Å². The zero-order valence-electron chi connectivity index (χ0n) is 37.2. The number of halogens is 1. The number of methoxy groups -OCH3 is 1. The van der Waals surface area contributed by atoms with Crippen LogP contribution in [0.3, 0.4) is 0 Å². The molecule has 16 heteroatoms. The van der Waals surface area contributed by atoms with E-state index in [0.29, 0.717) is 31.7 Å². The van der Waals surface area contributed by atoms with Gasteiger partial charge in [-0.3, -0.25) is 14.6 Å². The topological polar surface area (TPSA) is 181 Å². The lowest BCUT2D eigenvalue weighted by atomic mass is 9.73. The SMILES string of the molecule is CC[C@H]1OC(=O)[C@@](C)(F)C(=O)[C@@H](C)[C@@H](O[C@@H]2O[C@H](C)C[C@H](NCC3CC3)[C@@H]2O)[C@](C)(OC)C[C@@H](C)C(=O)[C@H](C)C2N(CCCCn3cnc(-c4cccnc4)c3)C(=O)O[C@@]21C. The highest BCUT2D eigenvalue weighted by Gasteiger charge is 2.61. The van der Waals surface area contributed by atoms with Crippen LogP contribution in [-0.2, 0) is 44.6 Å². The van der Waals surface area contributed by atoms with Gasteiger partial charge in [0.15, 0.2) is 17.7 Å². The fourth-order valence-corrected chi connectivity index (χ4v) is 9.79. The Balaban J connectivity index is 1.27. The number of hydrogen-bond donors (Lipinski definition) is 2. The maximum absolute atomic E-state index is 17.0. The minimum atomic E-state index is -3.17. The zero-order valence-corrected chi connectivity index (χ0v) is 37.2. The van der Waals surface area contributed by atoms with E-state index < -0.39 is 83.1 Å². The number of cyclic esters (lactones) is 1. The molecule has 4 aliphatic rings. The average molecular weight is 856 g/mol. The Bertz CT molecular complexity index is 1860. The van der Waals surface area contributed by atoms with Crippen molar-refractivity contribution >= 4 is 23.6 Å². The Hall–Kier alpha value is -3.83. The average Bonchev–Trinajstić information content (AvgIpc) is 3.88. The van der Waals surface area contributed by atoms with Gasteiger partial charge >= 0.3 is 12.1 Å². The second-order valence-electron chi connectivity index (χ2n) is 18.5. The lowest BCUT2D eigenvalue weighted by molar-refractivity contribution is -0.290. The predicted molar refractivity (Wildman–Crippen MR) is 222 cm³/mol. The summed E-state index contributed by atoms with van der Waals surface area (Å²) in [4.78, 5) is 67.1. The van der Waals surface area contributed by atoms with E-state index >= 15 is 4.39 Å².